The molecular weight excluding hydrogens is 240 g/mol. The molecule has 2 fully saturated rings. The Morgan fingerprint density at radius 3 is 2.89 bits per heavy atom. The zero-order valence-corrected chi connectivity index (χ0v) is 12.3. The lowest BCUT2D eigenvalue weighted by atomic mass is 9.78. The number of piperidine rings is 1. The average Bonchev–Trinajstić information content (AvgIpc) is 2.34. The van der Waals surface area contributed by atoms with Gasteiger partial charge >= 0.3 is 0 Å². The topological polar surface area (TPSA) is 52.6 Å². The van der Waals surface area contributed by atoms with Crippen molar-refractivity contribution in [2.45, 2.75) is 64.0 Å². The number of hydrogen-bond donors (Lipinski definition) is 2. The van der Waals surface area contributed by atoms with Gasteiger partial charge in [0.05, 0.1) is 11.6 Å². The number of aliphatic hydroxyl groups is 1. The van der Waals surface area contributed by atoms with E-state index in [1.54, 1.807) is 0 Å². The van der Waals surface area contributed by atoms with E-state index in [2.05, 4.69) is 12.2 Å². The third-order valence-electron chi connectivity index (χ3n) is 4.53. The Bertz CT molecular complexity index is 319. The minimum atomic E-state index is -0.651. The molecule has 2 rings (SSSR count). The van der Waals surface area contributed by atoms with Crippen LogP contribution in [0.4, 0.5) is 0 Å². The number of amides is 1. The lowest BCUT2D eigenvalue weighted by Crippen LogP contribution is -2.55. The first-order valence-corrected chi connectivity index (χ1v) is 7.78. The summed E-state index contributed by atoms with van der Waals surface area (Å²) in [4.78, 5) is 14.2. The summed E-state index contributed by atoms with van der Waals surface area (Å²) in [5.41, 5.74) is -0.651. The second kappa shape index (κ2) is 6.23. The molecule has 1 heterocycles. The van der Waals surface area contributed by atoms with Crippen molar-refractivity contribution in [3.8, 4) is 0 Å². The van der Waals surface area contributed by atoms with Gasteiger partial charge in [-0.1, -0.05) is 26.7 Å². The molecular formula is C15H28N2O2. The number of nitrogens with one attached hydrogen (secondary N) is 1. The van der Waals surface area contributed by atoms with Crippen molar-refractivity contribution in [2.24, 2.45) is 5.92 Å². The van der Waals surface area contributed by atoms with Crippen molar-refractivity contribution in [3.05, 3.63) is 0 Å². The SMILES string of the molecule is CCNC1CCCN(CC2(O)CCCC(C)C2)C1=O. The molecule has 2 N–H and O–H groups in total. The van der Waals surface area contributed by atoms with Crippen molar-refractivity contribution in [2.75, 3.05) is 19.6 Å². The van der Waals surface area contributed by atoms with Gasteiger partial charge in [0.25, 0.3) is 0 Å². The van der Waals surface area contributed by atoms with Crippen molar-refractivity contribution in [1.82, 2.24) is 10.2 Å². The van der Waals surface area contributed by atoms with Gasteiger partial charge in [0.15, 0.2) is 0 Å². The highest BCUT2D eigenvalue weighted by atomic mass is 16.3. The van der Waals surface area contributed by atoms with E-state index in [9.17, 15) is 9.90 Å². The van der Waals surface area contributed by atoms with Gasteiger partial charge in [-0.25, -0.2) is 0 Å². The predicted octanol–water partition coefficient (Wildman–Crippen LogP) is 1.53. The molecule has 4 heteroatoms. The Kier molecular flexibility index (Phi) is 4.85. The monoisotopic (exact) mass is 268 g/mol. The number of likely N-dealkylation sites (tertiary alicyclic amines) is 1. The number of likely N-dealkylation sites (N-methyl/N-ethyl adjacent to an activating group) is 1. The van der Waals surface area contributed by atoms with Gasteiger partial charge < -0.3 is 15.3 Å². The van der Waals surface area contributed by atoms with E-state index in [1.165, 1.54) is 6.42 Å². The number of hydrogen-bond acceptors (Lipinski definition) is 3. The van der Waals surface area contributed by atoms with Crippen LogP contribution in [0.15, 0.2) is 0 Å². The summed E-state index contributed by atoms with van der Waals surface area (Å²) in [5.74, 6) is 0.753. The fraction of sp³-hybridized carbons (Fsp3) is 0.933. The van der Waals surface area contributed by atoms with E-state index in [4.69, 9.17) is 0 Å². The molecule has 3 atom stereocenters. The molecule has 1 amide bonds. The van der Waals surface area contributed by atoms with Crippen LogP contribution >= 0.6 is 0 Å². The standard InChI is InChI=1S/C15H28N2O2/c1-3-16-13-7-5-9-17(14(13)18)11-15(19)8-4-6-12(2)10-15/h12-13,16,19H,3-11H2,1-2H3. The summed E-state index contributed by atoms with van der Waals surface area (Å²) in [7, 11) is 0. The Morgan fingerprint density at radius 1 is 1.42 bits per heavy atom. The van der Waals surface area contributed by atoms with Crippen LogP contribution in [0.2, 0.25) is 0 Å². The molecule has 0 spiro atoms. The van der Waals surface area contributed by atoms with E-state index in [1.807, 2.05) is 11.8 Å². The fourth-order valence-electron chi connectivity index (χ4n) is 3.66. The van der Waals surface area contributed by atoms with Gasteiger partial charge in [-0.15, -0.1) is 0 Å². The summed E-state index contributed by atoms with van der Waals surface area (Å²) in [6.07, 6.45) is 5.93. The van der Waals surface area contributed by atoms with Gasteiger partial charge in [0.2, 0.25) is 5.91 Å². The molecule has 0 radical (unpaired) electrons. The highest BCUT2D eigenvalue weighted by Crippen LogP contribution is 2.33. The minimum absolute atomic E-state index is 0.0386. The van der Waals surface area contributed by atoms with Crippen LogP contribution in [0, 0.1) is 5.92 Å². The van der Waals surface area contributed by atoms with E-state index in [0.717, 1.165) is 45.2 Å². The van der Waals surface area contributed by atoms with Crippen molar-refractivity contribution >= 4 is 5.91 Å². The van der Waals surface area contributed by atoms with E-state index >= 15 is 0 Å². The van der Waals surface area contributed by atoms with Gasteiger partial charge in [-0.05, 0) is 38.1 Å². The maximum absolute atomic E-state index is 12.4. The number of carbonyl (C=O) groups is 1. The molecule has 110 valence electrons. The predicted molar refractivity (Wildman–Crippen MR) is 75.9 cm³/mol. The first-order valence-electron chi connectivity index (χ1n) is 7.78. The van der Waals surface area contributed by atoms with Crippen LogP contribution in [-0.4, -0.2) is 47.2 Å². The number of nitrogens with zero attached hydrogens (tertiary/aromatic N) is 1. The molecule has 1 aliphatic heterocycles. The summed E-state index contributed by atoms with van der Waals surface area (Å²) in [6.45, 7) is 6.38. The molecule has 0 aromatic heterocycles. The second-order valence-electron chi connectivity index (χ2n) is 6.44. The maximum atomic E-state index is 12.4. The molecule has 1 saturated carbocycles. The quantitative estimate of drug-likeness (QED) is 0.813. The summed E-state index contributed by atoms with van der Waals surface area (Å²) in [5, 5.41) is 14.0. The van der Waals surface area contributed by atoms with Gasteiger partial charge in [-0.3, -0.25) is 4.79 Å². The van der Waals surface area contributed by atoms with Crippen LogP contribution in [0.1, 0.15) is 52.4 Å². The normalized spacial score (nSPS) is 36.6. The molecule has 0 aromatic rings. The van der Waals surface area contributed by atoms with Crippen LogP contribution in [0.25, 0.3) is 0 Å². The number of rotatable bonds is 4. The molecule has 2 aliphatic rings. The smallest absolute Gasteiger partial charge is 0.239 e. The highest BCUT2D eigenvalue weighted by Gasteiger charge is 2.38. The Labute approximate surface area is 116 Å². The summed E-state index contributed by atoms with van der Waals surface area (Å²) >= 11 is 0. The highest BCUT2D eigenvalue weighted by molar-refractivity contribution is 5.82. The first kappa shape index (κ1) is 14.8. The largest absolute Gasteiger partial charge is 0.388 e. The third kappa shape index (κ3) is 3.69. The van der Waals surface area contributed by atoms with Crippen molar-refractivity contribution in [3.63, 3.8) is 0 Å². The minimum Gasteiger partial charge on any atom is -0.388 e. The molecule has 19 heavy (non-hydrogen) atoms. The third-order valence-corrected chi connectivity index (χ3v) is 4.53. The van der Waals surface area contributed by atoms with Crippen LogP contribution in [-0.2, 0) is 4.79 Å². The fourth-order valence-corrected chi connectivity index (χ4v) is 3.66. The van der Waals surface area contributed by atoms with Crippen molar-refractivity contribution < 1.29 is 9.90 Å². The van der Waals surface area contributed by atoms with E-state index in [-0.39, 0.29) is 11.9 Å². The number of carbonyl (C=O) groups excluding carboxylic acids is 1. The van der Waals surface area contributed by atoms with Gasteiger partial charge in [0, 0.05) is 13.1 Å². The Morgan fingerprint density at radius 2 is 2.21 bits per heavy atom. The second-order valence-corrected chi connectivity index (χ2v) is 6.44. The van der Waals surface area contributed by atoms with E-state index in [0.29, 0.717) is 12.5 Å². The molecule has 1 saturated heterocycles. The van der Waals surface area contributed by atoms with Crippen LogP contribution in [0.5, 0.6) is 0 Å². The Balaban J connectivity index is 1.95. The lowest BCUT2D eigenvalue weighted by molar-refractivity contribution is -0.141. The van der Waals surface area contributed by atoms with Crippen LogP contribution < -0.4 is 5.32 Å². The van der Waals surface area contributed by atoms with Crippen LogP contribution in [0.3, 0.4) is 0 Å². The lowest BCUT2D eigenvalue weighted by Gasteiger charge is -2.42. The van der Waals surface area contributed by atoms with Crippen molar-refractivity contribution in [1.29, 1.82) is 0 Å². The van der Waals surface area contributed by atoms with Gasteiger partial charge in [-0.2, -0.15) is 0 Å². The number of β-amino-alcohol motifs (C(OH)–C–C–N with tert-alkyl or cyclic N) is 1. The molecule has 0 aromatic carbocycles. The zero-order chi connectivity index (χ0) is 13.9. The average molecular weight is 268 g/mol. The molecule has 1 aliphatic carbocycles. The van der Waals surface area contributed by atoms with Gasteiger partial charge in [0.1, 0.15) is 0 Å². The maximum Gasteiger partial charge on any atom is 0.239 e. The van der Waals surface area contributed by atoms with E-state index < -0.39 is 5.60 Å². The Hall–Kier alpha value is -0.610. The molecule has 4 nitrogen and oxygen atoms in total. The summed E-state index contributed by atoms with van der Waals surface area (Å²) in [6, 6.07) is -0.0386. The summed E-state index contributed by atoms with van der Waals surface area (Å²) < 4.78 is 0. The molecule has 0 bridgehead atoms. The molecule has 3 unspecified atom stereocenters. The zero-order valence-electron chi connectivity index (χ0n) is 12.3. The first-order chi connectivity index (χ1) is 9.04.